The van der Waals surface area contributed by atoms with Gasteiger partial charge in [-0.15, -0.1) is 0 Å². The first kappa shape index (κ1) is 11.5. The van der Waals surface area contributed by atoms with Crippen LogP contribution in [0.5, 0.6) is 0 Å². The Bertz CT molecular complexity index is 297. The number of aromatic nitrogens is 1. The summed E-state index contributed by atoms with van der Waals surface area (Å²) in [5, 5.41) is 3.32. The molecule has 0 aliphatic heterocycles. The van der Waals surface area contributed by atoms with Crippen molar-refractivity contribution in [3.8, 4) is 0 Å². The van der Waals surface area contributed by atoms with Gasteiger partial charge >= 0.3 is 0 Å². The number of nitrogens with one attached hydrogen (secondary N) is 1. The van der Waals surface area contributed by atoms with Gasteiger partial charge in [0.25, 0.3) is 0 Å². The third-order valence-electron chi connectivity index (χ3n) is 2.16. The predicted octanol–water partition coefficient (Wildman–Crippen LogP) is 2.30. The fraction of sp³-hybridized carbons (Fsp3) is 0.500. The van der Waals surface area contributed by atoms with E-state index in [2.05, 4.69) is 33.2 Å². The molecule has 0 aliphatic carbocycles. The van der Waals surface area contributed by atoms with E-state index in [0.717, 1.165) is 22.3 Å². The monoisotopic (exact) mass is 257 g/mol. The molecule has 3 nitrogen and oxygen atoms in total. The van der Waals surface area contributed by atoms with Gasteiger partial charge in [-0.05, 0) is 40.9 Å². The van der Waals surface area contributed by atoms with E-state index in [1.54, 1.807) is 6.20 Å². The van der Waals surface area contributed by atoms with Gasteiger partial charge in [0.2, 0.25) is 0 Å². The number of halogens is 1. The van der Waals surface area contributed by atoms with Crippen molar-refractivity contribution < 1.29 is 0 Å². The van der Waals surface area contributed by atoms with Crippen LogP contribution in [0.3, 0.4) is 0 Å². The highest BCUT2D eigenvalue weighted by Crippen LogP contribution is 2.17. The number of hydrogen-bond donors (Lipinski definition) is 2. The second-order valence-electron chi connectivity index (χ2n) is 3.30. The molecule has 1 unspecified atom stereocenters. The Morgan fingerprint density at radius 2 is 2.36 bits per heavy atom. The van der Waals surface area contributed by atoms with E-state index in [4.69, 9.17) is 5.73 Å². The average Bonchev–Trinajstić information content (AvgIpc) is 2.17. The Kier molecular flexibility index (Phi) is 4.35. The zero-order chi connectivity index (χ0) is 10.6. The maximum atomic E-state index is 5.61. The molecule has 78 valence electrons. The van der Waals surface area contributed by atoms with Gasteiger partial charge in [0.1, 0.15) is 5.82 Å². The first-order valence-corrected chi connectivity index (χ1v) is 5.55. The molecule has 1 atom stereocenters. The average molecular weight is 258 g/mol. The number of anilines is 1. The lowest BCUT2D eigenvalue weighted by Gasteiger charge is -2.16. The minimum atomic E-state index is 0.308. The predicted molar refractivity (Wildman–Crippen MR) is 63.4 cm³/mol. The minimum absolute atomic E-state index is 0.308. The molecule has 1 heterocycles. The molecule has 3 N–H and O–H groups in total. The normalized spacial score (nSPS) is 12.6. The van der Waals surface area contributed by atoms with Crippen molar-refractivity contribution in [3.63, 3.8) is 0 Å². The standard InChI is InChI=1S/C10H16BrN3/c1-3-9(5-12)14-10-7(2)4-8(11)6-13-10/h4,6,9H,3,5,12H2,1-2H3,(H,13,14). The second kappa shape index (κ2) is 5.32. The largest absolute Gasteiger partial charge is 0.366 e. The summed E-state index contributed by atoms with van der Waals surface area (Å²) >= 11 is 3.38. The van der Waals surface area contributed by atoms with Gasteiger partial charge in [0.05, 0.1) is 0 Å². The highest BCUT2D eigenvalue weighted by molar-refractivity contribution is 9.10. The molecular weight excluding hydrogens is 242 g/mol. The van der Waals surface area contributed by atoms with Crippen LogP contribution in [0.1, 0.15) is 18.9 Å². The molecule has 4 heteroatoms. The minimum Gasteiger partial charge on any atom is -0.366 e. The lowest BCUT2D eigenvalue weighted by Crippen LogP contribution is -2.28. The van der Waals surface area contributed by atoms with Crippen LogP contribution in [0.15, 0.2) is 16.7 Å². The van der Waals surface area contributed by atoms with E-state index in [1.165, 1.54) is 0 Å². The first-order chi connectivity index (χ1) is 6.67. The molecule has 0 bridgehead atoms. The van der Waals surface area contributed by atoms with Crippen LogP contribution in [-0.4, -0.2) is 17.6 Å². The van der Waals surface area contributed by atoms with Gasteiger partial charge in [-0.25, -0.2) is 4.98 Å². The molecule has 0 spiro atoms. The quantitative estimate of drug-likeness (QED) is 0.871. The SMILES string of the molecule is CCC(CN)Nc1ncc(Br)cc1C. The Morgan fingerprint density at radius 1 is 1.64 bits per heavy atom. The lowest BCUT2D eigenvalue weighted by molar-refractivity contribution is 0.699. The van der Waals surface area contributed by atoms with E-state index >= 15 is 0 Å². The molecule has 0 aliphatic rings. The van der Waals surface area contributed by atoms with Crippen LogP contribution >= 0.6 is 15.9 Å². The van der Waals surface area contributed by atoms with E-state index in [9.17, 15) is 0 Å². The van der Waals surface area contributed by atoms with Crippen LogP contribution in [0.25, 0.3) is 0 Å². The number of pyridine rings is 1. The van der Waals surface area contributed by atoms with Gasteiger partial charge in [-0.2, -0.15) is 0 Å². The molecule has 0 fully saturated rings. The van der Waals surface area contributed by atoms with E-state index < -0.39 is 0 Å². The number of nitrogens with two attached hydrogens (primary N) is 1. The summed E-state index contributed by atoms with van der Waals surface area (Å²) in [6.07, 6.45) is 2.80. The Balaban J connectivity index is 2.76. The van der Waals surface area contributed by atoms with E-state index in [0.29, 0.717) is 12.6 Å². The number of rotatable bonds is 4. The van der Waals surface area contributed by atoms with Crippen LogP contribution in [0, 0.1) is 6.92 Å². The molecule has 0 amide bonds. The summed E-state index contributed by atoms with van der Waals surface area (Å²) in [6, 6.07) is 2.35. The van der Waals surface area contributed by atoms with Crippen molar-refractivity contribution in [1.82, 2.24) is 4.98 Å². The zero-order valence-corrected chi connectivity index (χ0v) is 10.1. The maximum absolute atomic E-state index is 5.61. The fourth-order valence-corrected chi connectivity index (χ4v) is 1.66. The van der Waals surface area contributed by atoms with E-state index in [1.807, 2.05) is 13.0 Å². The smallest absolute Gasteiger partial charge is 0.129 e. The summed E-state index contributed by atoms with van der Waals surface area (Å²) in [7, 11) is 0. The second-order valence-corrected chi connectivity index (χ2v) is 4.22. The Morgan fingerprint density at radius 3 is 2.86 bits per heavy atom. The van der Waals surface area contributed by atoms with Crippen molar-refractivity contribution in [2.75, 3.05) is 11.9 Å². The zero-order valence-electron chi connectivity index (χ0n) is 8.55. The molecule has 1 aromatic rings. The van der Waals surface area contributed by atoms with E-state index in [-0.39, 0.29) is 0 Å². The summed E-state index contributed by atoms with van der Waals surface area (Å²) < 4.78 is 1.00. The first-order valence-electron chi connectivity index (χ1n) is 4.76. The third-order valence-corrected chi connectivity index (χ3v) is 2.60. The van der Waals surface area contributed by atoms with Crippen LogP contribution in [-0.2, 0) is 0 Å². The molecule has 1 aromatic heterocycles. The molecule has 0 saturated carbocycles. The molecular formula is C10H16BrN3. The summed E-state index contributed by atoms with van der Waals surface area (Å²) in [6.45, 7) is 4.77. The summed E-state index contributed by atoms with van der Waals surface area (Å²) in [5.41, 5.74) is 6.74. The number of aryl methyl sites for hydroxylation is 1. The van der Waals surface area contributed by atoms with Gasteiger partial charge in [-0.1, -0.05) is 6.92 Å². The van der Waals surface area contributed by atoms with Gasteiger partial charge < -0.3 is 11.1 Å². The van der Waals surface area contributed by atoms with Crippen molar-refractivity contribution in [3.05, 3.63) is 22.3 Å². The maximum Gasteiger partial charge on any atom is 0.129 e. The van der Waals surface area contributed by atoms with Gasteiger partial charge in [0, 0.05) is 23.3 Å². The van der Waals surface area contributed by atoms with Crippen molar-refractivity contribution >= 4 is 21.7 Å². The lowest BCUT2D eigenvalue weighted by atomic mass is 10.2. The molecule has 1 rings (SSSR count). The number of hydrogen-bond acceptors (Lipinski definition) is 3. The Labute approximate surface area is 93.2 Å². The fourth-order valence-electron chi connectivity index (χ4n) is 1.21. The Hall–Kier alpha value is -0.610. The van der Waals surface area contributed by atoms with Crippen LogP contribution in [0.4, 0.5) is 5.82 Å². The summed E-state index contributed by atoms with van der Waals surface area (Å²) in [5.74, 6) is 0.922. The van der Waals surface area contributed by atoms with Gasteiger partial charge in [-0.3, -0.25) is 0 Å². The third kappa shape index (κ3) is 2.96. The summed E-state index contributed by atoms with van der Waals surface area (Å²) in [4.78, 5) is 4.30. The van der Waals surface area contributed by atoms with Crippen molar-refractivity contribution in [2.45, 2.75) is 26.3 Å². The van der Waals surface area contributed by atoms with Crippen molar-refractivity contribution in [1.29, 1.82) is 0 Å². The topological polar surface area (TPSA) is 50.9 Å². The molecule has 0 radical (unpaired) electrons. The molecule has 0 aromatic carbocycles. The van der Waals surface area contributed by atoms with Crippen molar-refractivity contribution in [2.24, 2.45) is 5.73 Å². The highest BCUT2D eigenvalue weighted by Gasteiger charge is 2.06. The number of nitrogens with zero attached hydrogens (tertiary/aromatic N) is 1. The highest BCUT2D eigenvalue weighted by atomic mass is 79.9. The van der Waals surface area contributed by atoms with Crippen LogP contribution in [0.2, 0.25) is 0 Å². The van der Waals surface area contributed by atoms with Crippen LogP contribution < -0.4 is 11.1 Å². The molecule has 14 heavy (non-hydrogen) atoms. The van der Waals surface area contributed by atoms with Gasteiger partial charge in [0.15, 0.2) is 0 Å². The molecule has 0 saturated heterocycles.